The van der Waals surface area contributed by atoms with Crippen LogP contribution in [0.2, 0.25) is 5.02 Å². The summed E-state index contributed by atoms with van der Waals surface area (Å²) in [5, 5.41) is 6.50. The molecule has 0 aliphatic carbocycles. The lowest BCUT2D eigenvalue weighted by Gasteiger charge is -2.33. The standard InChI is InChI=1S/C16H19ClFN5O2/c1-11-19-16(25-21-11)10-23-6-4-22(5-7-23)9-15(24)20-12-2-3-14(18)13(17)8-12/h2-3,8H,4-7,9-10H2,1H3,(H,20,24). The van der Waals surface area contributed by atoms with Gasteiger partial charge < -0.3 is 9.84 Å². The third kappa shape index (κ3) is 4.97. The van der Waals surface area contributed by atoms with Crippen molar-refractivity contribution in [2.45, 2.75) is 13.5 Å². The molecule has 2 aromatic rings. The van der Waals surface area contributed by atoms with Gasteiger partial charge in [-0.2, -0.15) is 4.98 Å². The van der Waals surface area contributed by atoms with Crippen molar-refractivity contribution >= 4 is 23.2 Å². The number of nitrogens with one attached hydrogen (secondary N) is 1. The molecule has 134 valence electrons. The van der Waals surface area contributed by atoms with E-state index in [9.17, 15) is 9.18 Å². The molecule has 1 N–H and O–H groups in total. The molecule has 1 aromatic heterocycles. The van der Waals surface area contributed by atoms with E-state index in [0.29, 0.717) is 23.9 Å². The Morgan fingerprint density at radius 2 is 2.04 bits per heavy atom. The molecule has 0 saturated carbocycles. The van der Waals surface area contributed by atoms with Gasteiger partial charge in [0.1, 0.15) is 5.82 Å². The largest absolute Gasteiger partial charge is 0.338 e. The van der Waals surface area contributed by atoms with Gasteiger partial charge in [0.15, 0.2) is 5.82 Å². The Labute approximate surface area is 149 Å². The van der Waals surface area contributed by atoms with Crippen molar-refractivity contribution < 1.29 is 13.7 Å². The number of rotatable bonds is 5. The van der Waals surface area contributed by atoms with Crippen molar-refractivity contribution in [2.24, 2.45) is 0 Å². The Kier molecular flexibility index (Phi) is 5.62. The highest BCUT2D eigenvalue weighted by atomic mass is 35.5. The summed E-state index contributed by atoms with van der Waals surface area (Å²) in [6.45, 7) is 5.86. The summed E-state index contributed by atoms with van der Waals surface area (Å²) in [6.07, 6.45) is 0. The summed E-state index contributed by atoms with van der Waals surface area (Å²) >= 11 is 5.71. The van der Waals surface area contributed by atoms with Crippen molar-refractivity contribution in [1.82, 2.24) is 19.9 Å². The third-order valence-electron chi connectivity index (χ3n) is 3.96. The lowest BCUT2D eigenvalue weighted by Crippen LogP contribution is -2.48. The third-order valence-corrected chi connectivity index (χ3v) is 4.25. The molecule has 0 bridgehead atoms. The van der Waals surface area contributed by atoms with Gasteiger partial charge in [-0.1, -0.05) is 16.8 Å². The van der Waals surface area contributed by atoms with Crippen LogP contribution in [0.4, 0.5) is 10.1 Å². The number of hydrogen-bond acceptors (Lipinski definition) is 6. The molecule has 1 aromatic carbocycles. The highest BCUT2D eigenvalue weighted by molar-refractivity contribution is 6.31. The Morgan fingerprint density at radius 3 is 2.68 bits per heavy atom. The van der Waals surface area contributed by atoms with Gasteiger partial charge in [-0.05, 0) is 25.1 Å². The molecule has 1 fully saturated rings. The van der Waals surface area contributed by atoms with Crippen molar-refractivity contribution in [3.8, 4) is 0 Å². The average Bonchev–Trinajstić information content (AvgIpc) is 2.98. The Balaban J connectivity index is 1.43. The lowest BCUT2D eigenvalue weighted by molar-refractivity contribution is -0.117. The van der Waals surface area contributed by atoms with Gasteiger partial charge in [-0.15, -0.1) is 0 Å². The van der Waals surface area contributed by atoms with Crippen LogP contribution in [0.1, 0.15) is 11.7 Å². The number of aromatic nitrogens is 2. The molecule has 25 heavy (non-hydrogen) atoms. The summed E-state index contributed by atoms with van der Waals surface area (Å²) in [6, 6.07) is 4.12. The van der Waals surface area contributed by atoms with Crippen LogP contribution in [-0.4, -0.2) is 58.6 Å². The van der Waals surface area contributed by atoms with E-state index >= 15 is 0 Å². The maximum absolute atomic E-state index is 13.1. The quantitative estimate of drug-likeness (QED) is 0.870. The van der Waals surface area contributed by atoms with Crippen LogP contribution >= 0.6 is 11.6 Å². The van der Waals surface area contributed by atoms with E-state index in [1.165, 1.54) is 18.2 Å². The topological polar surface area (TPSA) is 74.5 Å². The minimum Gasteiger partial charge on any atom is -0.338 e. The molecule has 9 heteroatoms. The first kappa shape index (κ1) is 17.8. The number of nitrogens with zero attached hydrogens (tertiary/aromatic N) is 4. The first-order valence-corrected chi connectivity index (χ1v) is 8.36. The number of anilines is 1. The molecule has 1 aliphatic rings. The summed E-state index contributed by atoms with van der Waals surface area (Å²) < 4.78 is 18.3. The van der Waals surface area contributed by atoms with Crippen LogP contribution in [0, 0.1) is 12.7 Å². The number of carbonyl (C=O) groups is 1. The zero-order valence-corrected chi connectivity index (χ0v) is 14.6. The molecule has 0 unspecified atom stereocenters. The lowest BCUT2D eigenvalue weighted by atomic mass is 10.3. The summed E-state index contributed by atoms with van der Waals surface area (Å²) in [4.78, 5) is 20.6. The fourth-order valence-corrected chi connectivity index (χ4v) is 2.86. The number of halogens is 2. The minimum absolute atomic E-state index is 0.0114. The molecule has 1 aliphatic heterocycles. The summed E-state index contributed by atoms with van der Waals surface area (Å²) in [5.41, 5.74) is 0.488. The van der Waals surface area contributed by atoms with Gasteiger partial charge in [-0.3, -0.25) is 14.6 Å². The van der Waals surface area contributed by atoms with Crippen LogP contribution in [0.3, 0.4) is 0 Å². The molecule has 1 saturated heterocycles. The highest BCUT2D eigenvalue weighted by Gasteiger charge is 2.20. The van der Waals surface area contributed by atoms with E-state index in [1.807, 2.05) is 0 Å². The molecular formula is C16H19ClFN5O2. The van der Waals surface area contributed by atoms with Gasteiger partial charge >= 0.3 is 0 Å². The van der Waals surface area contributed by atoms with Crippen molar-refractivity contribution in [2.75, 3.05) is 38.0 Å². The number of benzene rings is 1. The van der Waals surface area contributed by atoms with Crippen LogP contribution in [-0.2, 0) is 11.3 Å². The van der Waals surface area contributed by atoms with Crippen molar-refractivity contribution in [3.63, 3.8) is 0 Å². The van der Waals surface area contributed by atoms with Gasteiger partial charge in [0, 0.05) is 31.9 Å². The van der Waals surface area contributed by atoms with E-state index in [4.69, 9.17) is 16.1 Å². The summed E-state index contributed by atoms with van der Waals surface area (Å²) in [5.74, 6) is 0.582. The molecule has 7 nitrogen and oxygen atoms in total. The predicted molar refractivity (Wildman–Crippen MR) is 90.8 cm³/mol. The van der Waals surface area contributed by atoms with Crippen LogP contribution in [0.15, 0.2) is 22.7 Å². The SMILES string of the molecule is Cc1noc(CN2CCN(CC(=O)Nc3ccc(F)c(Cl)c3)CC2)n1. The monoisotopic (exact) mass is 367 g/mol. The van der Waals surface area contributed by atoms with E-state index < -0.39 is 5.82 Å². The average molecular weight is 368 g/mol. The number of piperazine rings is 1. The normalized spacial score (nSPS) is 16.1. The first-order chi connectivity index (χ1) is 12.0. The molecule has 1 amide bonds. The maximum atomic E-state index is 13.1. The van der Waals surface area contributed by atoms with E-state index in [1.54, 1.807) is 6.92 Å². The van der Waals surface area contributed by atoms with Crippen LogP contribution in [0.25, 0.3) is 0 Å². The predicted octanol–water partition coefficient (Wildman–Crippen LogP) is 1.93. The zero-order valence-electron chi connectivity index (χ0n) is 13.8. The molecule has 0 atom stereocenters. The highest BCUT2D eigenvalue weighted by Crippen LogP contribution is 2.19. The van der Waals surface area contributed by atoms with Crippen molar-refractivity contribution in [1.29, 1.82) is 0 Å². The zero-order chi connectivity index (χ0) is 17.8. The second-order valence-electron chi connectivity index (χ2n) is 5.96. The molecule has 3 rings (SSSR count). The molecular weight excluding hydrogens is 349 g/mol. The second-order valence-corrected chi connectivity index (χ2v) is 6.37. The van der Waals surface area contributed by atoms with E-state index in [-0.39, 0.29) is 17.5 Å². The van der Waals surface area contributed by atoms with Gasteiger partial charge in [0.05, 0.1) is 18.1 Å². The summed E-state index contributed by atoms with van der Waals surface area (Å²) in [7, 11) is 0. The second kappa shape index (κ2) is 7.90. The van der Waals surface area contributed by atoms with Gasteiger partial charge in [-0.25, -0.2) is 4.39 Å². The fraction of sp³-hybridized carbons (Fsp3) is 0.438. The van der Waals surface area contributed by atoms with E-state index in [2.05, 4.69) is 25.3 Å². The van der Waals surface area contributed by atoms with Gasteiger partial charge in [0.2, 0.25) is 11.8 Å². The number of carbonyl (C=O) groups excluding carboxylic acids is 1. The minimum atomic E-state index is -0.507. The smallest absolute Gasteiger partial charge is 0.240 e. The number of hydrogen-bond donors (Lipinski definition) is 1. The molecule has 2 heterocycles. The van der Waals surface area contributed by atoms with E-state index in [0.717, 1.165) is 26.2 Å². The first-order valence-electron chi connectivity index (χ1n) is 7.98. The molecule has 0 spiro atoms. The Hall–Kier alpha value is -2.03. The number of aryl methyl sites for hydroxylation is 1. The Bertz CT molecular complexity index is 746. The fourth-order valence-electron chi connectivity index (χ4n) is 2.68. The van der Waals surface area contributed by atoms with Gasteiger partial charge in [0.25, 0.3) is 0 Å². The molecule has 0 radical (unpaired) electrons. The number of amides is 1. The van der Waals surface area contributed by atoms with Crippen molar-refractivity contribution in [3.05, 3.63) is 40.8 Å². The maximum Gasteiger partial charge on any atom is 0.240 e. The van der Waals surface area contributed by atoms with Crippen LogP contribution < -0.4 is 5.32 Å². The van der Waals surface area contributed by atoms with Crippen LogP contribution in [0.5, 0.6) is 0 Å². The Morgan fingerprint density at radius 1 is 1.32 bits per heavy atom.